The number of nitrogens with zero attached hydrogens (tertiary/aromatic N) is 1. The van der Waals surface area contributed by atoms with E-state index in [4.69, 9.17) is 4.74 Å². The van der Waals surface area contributed by atoms with Gasteiger partial charge in [-0.25, -0.2) is 9.18 Å². The largest absolute Gasteiger partial charge is 0.444 e. The molecule has 0 saturated carbocycles. The monoisotopic (exact) mass is 351 g/mol. The normalized spacial score (nSPS) is 17.7. The summed E-state index contributed by atoms with van der Waals surface area (Å²) in [5.74, 6) is 0.0757. The van der Waals surface area contributed by atoms with Gasteiger partial charge in [0.2, 0.25) is 0 Å². The molecular formula is C19H30FN3O2. The van der Waals surface area contributed by atoms with Gasteiger partial charge in [-0.05, 0) is 65.2 Å². The van der Waals surface area contributed by atoms with Crippen LogP contribution >= 0.6 is 0 Å². The van der Waals surface area contributed by atoms with Gasteiger partial charge in [0.25, 0.3) is 0 Å². The number of ether oxygens (including phenoxy) is 1. The highest BCUT2D eigenvalue weighted by Gasteiger charge is 2.26. The molecule has 2 N–H and O–H groups in total. The highest BCUT2D eigenvalue weighted by Crippen LogP contribution is 2.28. The van der Waals surface area contributed by atoms with Crippen LogP contribution in [0.4, 0.5) is 20.6 Å². The molecule has 1 aromatic carbocycles. The molecule has 1 aliphatic rings. The Morgan fingerprint density at radius 1 is 1.40 bits per heavy atom. The highest BCUT2D eigenvalue weighted by atomic mass is 19.1. The van der Waals surface area contributed by atoms with Crippen molar-refractivity contribution in [3.8, 4) is 0 Å². The van der Waals surface area contributed by atoms with Gasteiger partial charge in [-0.3, -0.25) is 0 Å². The number of anilines is 2. The van der Waals surface area contributed by atoms with E-state index >= 15 is 0 Å². The number of alkyl carbamates (subject to hydrolysis) is 1. The Morgan fingerprint density at radius 2 is 2.12 bits per heavy atom. The molecule has 1 fully saturated rings. The SMILES string of the molecule is CC(C)Nc1ccc(N2CC[C@H](CNC(=O)OC(C)(C)C)C2)c(F)c1. The van der Waals surface area contributed by atoms with Crippen molar-refractivity contribution in [1.82, 2.24) is 5.32 Å². The molecule has 25 heavy (non-hydrogen) atoms. The molecule has 140 valence electrons. The number of rotatable bonds is 5. The van der Waals surface area contributed by atoms with E-state index < -0.39 is 11.7 Å². The number of amides is 1. The first-order chi connectivity index (χ1) is 11.6. The Kier molecular flexibility index (Phi) is 6.14. The van der Waals surface area contributed by atoms with Crippen molar-refractivity contribution in [2.45, 2.75) is 52.7 Å². The van der Waals surface area contributed by atoms with Crippen LogP contribution in [0.1, 0.15) is 41.0 Å². The average molecular weight is 351 g/mol. The summed E-state index contributed by atoms with van der Waals surface area (Å²) in [5.41, 5.74) is 0.911. The number of hydrogen-bond donors (Lipinski definition) is 2. The molecular weight excluding hydrogens is 321 g/mol. The molecule has 1 aromatic rings. The van der Waals surface area contributed by atoms with Crippen molar-refractivity contribution in [2.24, 2.45) is 5.92 Å². The fraction of sp³-hybridized carbons (Fsp3) is 0.632. The number of nitrogens with one attached hydrogen (secondary N) is 2. The smallest absolute Gasteiger partial charge is 0.407 e. The van der Waals surface area contributed by atoms with E-state index in [1.807, 2.05) is 51.7 Å². The van der Waals surface area contributed by atoms with E-state index in [2.05, 4.69) is 10.6 Å². The van der Waals surface area contributed by atoms with Crippen LogP contribution in [-0.2, 0) is 4.74 Å². The Hall–Kier alpha value is -1.98. The van der Waals surface area contributed by atoms with E-state index in [0.29, 0.717) is 18.2 Å². The van der Waals surface area contributed by atoms with Gasteiger partial charge in [-0.2, -0.15) is 0 Å². The van der Waals surface area contributed by atoms with Gasteiger partial charge in [0.1, 0.15) is 11.4 Å². The van der Waals surface area contributed by atoms with E-state index in [1.165, 1.54) is 0 Å². The molecule has 0 bridgehead atoms. The van der Waals surface area contributed by atoms with Crippen molar-refractivity contribution in [3.63, 3.8) is 0 Å². The zero-order chi connectivity index (χ0) is 18.6. The molecule has 1 saturated heterocycles. The quantitative estimate of drug-likeness (QED) is 0.842. The van der Waals surface area contributed by atoms with Crippen LogP contribution in [0.15, 0.2) is 18.2 Å². The molecule has 6 heteroatoms. The van der Waals surface area contributed by atoms with Crippen LogP contribution in [-0.4, -0.2) is 37.4 Å². The lowest BCUT2D eigenvalue weighted by molar-refractivity contribution is 0.0520. The third-order valence-corrected chi connectivity index (χ3v) is 3.96. The summed E-state index contributed by atoms with van der Waals surface area (Å²) in [6.07, 6.45) is 0.516. The summed E-state index contributed by atoms with van der Waals surface area (Å²) >= 11 is 0. The Morgan fingerprint density at radius 3 is 2.72 bits per heavy atom. The van der Waals surface area contributed by atoms with Crippen LogP contribution in [0, 0.1) is 11.7 Å². The lowest BCUT2D eigenvalue weighted by Gasteiger charge is -2.22. The van der Waals surface area contributed by atoms with Gasteiger partial charge >= 0.3 is 6.09 Å². The third-order valence-electron chi connectivity index (χ3n) is 3.96. The number of carbonyl (C=O) groups excluding carboxylic acids is 1. The van der Waals surface area contributed by atoms with Gasteiger partial charge in [-0.1, -0.05) is 0 Å². The van der Waals surface area contributed by atoms with Gasteiger partial charge in [-0.15, -0.1) is 0 Å². The topological polar surface area (TPSA) is 53.6 Å². The summed E-state index contributed by atoms with van der Waals surface area (Å²) in [6, 6.07) is 5.54. The van der Waals surface area contributed by atoms with Gasteiger partial charge in [0.05, 0.1) is 5.69 Å². The van der Waals surface area contributed by atoms with E-state index in [0.717, 1.165) is 25.2 Å². The number of hydrogen-bond acceptors (Lipinski definition) is 4. The maximum atomic E-state index is 14.4. The van der Waals surface area contributed by atoms with Crippen LogP contribution < -0.4 is 15.5 Å². The summed E-state index contributed by atoms with van der Waals surface area (Å²) in [5, 5.41) is 6.01. The number of carbonyl (C=O) groups is 1. The molecule has 2 rings (SSSR count). The lowest BCUT2D eigenvalue weighted by atomic mass is 10.1. The Bertz CT molecular complexity index is 599. The summed E-state index contributed by atoms with van der Waals surface area (Å²) in [4.78, 5) is 13.8. The van der Waals surface area contributed by atoms with Crippen LogP contribution in [0.25, 0.3) is 0 Å². The van der Waals surface area contributed by atoms with Crippen molar-refractivity contribution in [2.75, 3.05) is 29.9 Å². The number of halogens is 1. The second kappa shape index (κ2) is 7.93. The summed E-state index contributed by atoms with van der Waals surface area (Å²) in [6.45, 7) is 11.6. The first-order valence-corrected chi connectivity index (χ1v) is 8.92. The standard InChI is InChI=1S/C19H30FN3O2/c1-13(2)22-15-6-7-17(16(20)10-15)23-9-8-14(12-23)11-21-18(24)25-19(3,4)5/h6-7,10,13-14,22H,8-9,11-12H2,1-5H3,(H,21,24)/t14-/m1/s1. The lowest BCUT2D eigenvalue weighted by Crippen LogP contribution is -2.36. The van der Waals surface area contributed by atoms with E-state index in [9.17, 15) is 9.18 Å². The minimum Gasteiger partial charge on any atom is -0.444 e. The van der Waals surface area contributed by atoms with Crippen LogP contribution in [0.2, 0.25) is 0 Å². The van der Waals surface area contributed by atoms with Crippen molar-refractivity contribution in [3.05, 3.63) is 24.0 Å². The molecule has 0 aliphatic carbocycles. The first-order valence-electron chi connectivity index (χ1n) is 8.92. The minimum absolute atomic E-state index is 0.216. The Labute approximate surface area is 149 Å². The van der Waals surface area contributed by atoms with Crippen molar-refractivity contribution >= 4 is 17.5 Å². The molecule has 0 aromatic heterocycles. The molecule has 5 nitrogen and oxygen atoms in total. The molecule has 1 aliphatic heterocycles. The average Bonchev–Trinajstić information content (AvgIpc) is 2.91. The predicted molar refractivity (Wildman–Crippen MR) is 99.7 cm³/mol. The zero-order valence-electron chi connectivity index (χ0n) is 15.9. The fourth-order valence-electron chi connectivity index (χ4n) is 2.95. The van der Waals surface area contributed by atoms with Crippen molar-refractivity contribution < 1.29 is 13.9 Å². The van der Waals surface area contributed by atoms with Gasteiger partial charge in [0, 0.05) is 31.4 Å². The fourth-order valence-corrected chi connectivity index (χ4v) is 2.95. The van der Waals surface area contributed by atoms with Gasteiger partial charge in [0.15, 0.2) is 0 Å². The number of benzene rings is 1. The predicted octanol–water partition coefficient (Wildman–Crippen LogP) is 4.00. The highest BCUT2D eigenvalue weighted by molar-refractivity contribution is 5.67. The molecule has 0 unspecified atom stereocenters. The summed E-state index contributed by atoms with van der Waals surface area (Å²) < 4.78 is 19.7. The second-order valence-corrected chi connectivity index (χ2v) is 7.95. The summed E-state index contributed by atoms with van der Waals surface area (Å²) in [7, 11) is 0. The van der Waals surface area contributed by atoms with Crippen LogP contribution in [0.3, 0.4) is 0 Å². The van der Waals surface area contributed by atoms with E-state index in [-0.39, 0.29) is 11.9 Å². The maximum absolute atomic E-state index is 14.4. The molecule has 1 atom stereocenters. The molecule has 1 heterocycles. The zero-order valence-corrected chi connectivity index (χ0v) is 15.9. The third kappa shape index (κ3) is 6.11. The Balaban J connectivity index is 1.87. The van der Waals surface area contributed by atoms with E-state index in [1.54, 1.807) is 6.07 Å². The van der Waals surface area contributed by atoms with Gasteiger partial charge < -0.3 is 20.3 Å². The molecule has 0 radical (unpaired) electrons. The first kappa shape index (κ1) is 19.3. The second-order valence-electron chi connectivity index (χ2n) is 7.95. The molecule has 0 spiro atoms. The minimum atomic E-state index is -0.499. The van der Waals surface area contributed by atoms with Crippen molar-refractivity contribution in [1.29, 1.82) is 0 Å². The molecule has 1 amide bonds. The van der Waals surface area contributed by atoms with Crippen LogP contribution in [0.5, 0.6) is 0 Å². The maximum Gasteiger partial charge on any atom is 0.407 e.